The molecule has 7 nitrogen and oxygen atoms in total. The standard InChI is InChI=1S/C16H9Cl2F3N4O3S/c1-7-14(22-24-25(7)13-4-8(17)2-3-10(13)18)16(26)23-29(27,28)15-11(20)5-9(19)6-12(15)21/h2-6H,1H3,(H,23,26). The van der Waals surface area contributed by atoms with Crippen LogP contribution in [0, 0.1) is 24.4 Å². The Labute approximate surface area is 172 Å². The average molecular weight is 465 g/mol. The first kappa shape index (κ1) is 21.1. The van der Waals surface area contributed by atoms with Crippen molar-refractivity contribution in [3.05, 3.63) is 69.2 Å². The number of sulfonamides is 1. The SMILES string of the molecule is Cc1c(C(=O)NS(=O)(=O)c2c(F)cc(F)cc2F)nnn1-c1cc(Cl)ccc1Cl. The van der Waals surface area contributed by atoms with Gasteiger partial charge in [-0.25, -0.2) is 31.0 Å². The molecule has 1 aromatic heterocycles. The van der Waals surface area contributed by atoms with Crippen LogP contribution in [0.5, 0.6) is 0 Å². The predicted molar refractivity (Wildman–Crippen MR) is 97.1 cm³/mol. The van der Waals surface area contributed by atoms with E-state index in [1.807, 2.05) is 0 Å². The second-order valence-electron chi connectivity index (χ2n) is 5.66. The van der Waals surface area contributed by atoms with Crippen molar-refractivity contribution in [2.24, 2.45) is 0 Å². The summed E-state index contributed by atoms with van der Waals surface area (Å²) < 4.78 is 67.6. The van der Waals surface area contributed by atoms with Crippen LogP contribution in [-0.2, 0) is 10.0 Å². The fourth-order valence-corrected chi connectivity index (χ4v) is 3.86. The molecular formula is C16H9Cl2F3N4O3S. The highest BCUT2D eigenvalue weighted by Gasteiger charge is 2.29. The van der Waals surface area contributed by atoms with Crippen molar-refractivity contribution >= 4 is 39.1 Å². The molecule has 0 saturated heterocycles. The Morgan fingerprint density at radius 3 is 2.34 bits per heavy atom. The highest BCUT2D eigenvalue weighted by Crippen LogP contribution is 2.25. The molecule has 0 fully saturated rings. The Hall–Kier alpha value is -2.63. The number of amides is 1. The van der Waals surface area contributed by atoms with E-state index in [1.165, 1.54) is 29.8 Å². The van der Waals surface area contributed by atoms with Gasteiger partial charge in [0.2, 0.25) is 0 Å². The predicted octanol–water partition coefficient (Wildman–Crippen LogP) is 3.42. The fourth-order valence-electron chi connectivity index (χ4n) is 2.42. The first-order valence-corrected chi connectivity index (χ1v) is 9.84. The van der Waals surface area contributed by atoms with E-state index in [4.69, 9.17) is 23.2 Å². The summed E-state index contributed by atoms with van der Waals surface area (Å²) in [6, 6.07) is 4.78. The lowest BCUT2D eigenvalue weighted by atomic mass is 10.3. The number of hydrogen-bond acceptors (Lipinski definition) is 5. The molecule has 0 atom stereocenters. The molecule has 0 unspecified atom stereocenters. The topological polar surface area (TPSA) is 93.9 Å². The number of carbonyl (C=O) groups is 1. The monoisotopic (exact) mass is 464 g/mol. The molecule has 1 amide bonds. The Morgan fingerprint density at radius 1 is 1.10 bits per heavy atom. The largest absolute Gasteiger partial charge is 0.287 e. The highest BCUT2D eigenvalue weighted by atomic mass is 35.5. The van der Waals surface area contributed by atoms with Crippen LogP contribution in [0.3, 0.4) is 0 Å². The first-order valence-electron chi connectivity index (χ1n) is 7.60. The normalized spacial score (nSPS) is 11.5. The third kappa shape index (κ3) is 4.07. The Kier molecular flexibility index (Phi) is 5.57. The summed E-state index contributed by atoms with van der Waals surface area (Å²) in [6.07, 6.45) is 0. The smallest absolute Gasteiger partial charge is 0.266 e. The zero-order chi connectivity index (χ0) is 21.5. The van der Waals surface area contributed by atoms with Gasteiger partial charge in [-0.15, -0.1) is 5.10 Å². The number of carbonyl (C=O) groups excluding carboxylic acids is 1. The second-order valence-corrected chi connectivity index (χ2v) is 8.13. The number of nitrogens with zero attached hydrogens (tertiary/aromatic N) is 3. The minimum atomic E-state index is -5.01. The van der Waals surface area contributed by atoms with Crippen LogP contribution in [0.4, 0.5) is 13.2 Å². The molecule has 0 aliphatic carbocycles. The maximum atomic E-state index is 13.8. The number of nitrogens with one attached hydrogen (secondary N) is 1. The van der Waals surface area contributed by atoms with Crippen molar-refractivity contribution in [3.63, 3.8) is 0 Å². The minimum Gasteiger partial charge on any atom is -0.266 e. The lowest BCUT2D eigenvalue weighted by Gasteiger charge is -2.09. The van der Waals surface area contributed by atoms with Crippen molar-refractivity contribution in [2.75, 3.05) is 0 Å². The molecule has 3 aromatic rings. The van der Waals surface area contributed by atoms with Gasteiger partial charge in [-0.1, -0.05) is 28.4 Å². The number of aromatic nitrogens is 3. The highest BCUT2D eigenvalue weighted by molar-refractivity contribution is 7.90. The van der Waals surface area contributed by atoms with Crippen LogP contribution in [0.1, 0.15) is 16.2 Å². The zero-order valence-corrected chi connectivity index (χ0v) is 16.6. The third-order valence-corrected chi connectivity index (χ3v) is 5.64. The lowest BCUT2D eigenvalue weighted by molar-refractivity contribution is 0.0976. The van der Waals surface area contributed by atoms with Crippen LogP contribution in [0.2, 0.25) is 10.0 Å². The summed E-state index contributed by atoms with van der Waals surface area (Å²) in [4.78, 5) is 10.9. The van der Waals surface area contributed by atoms with Gasteiger partial charge < -0.3 is 0 Å². The van der Waals surface area contributed by atoms with Gasteiger partial charge in [0, 0.05) is 17.2 Å². The van der Waals surface area contributed by atoms with Crippen LogP contribution >= 0.6 is 23.2 Å². The van der Waals surface area contributed by atoms with E-state index in [9.17, 15) is 26.4 Å². The molecule has 0 saturated carbocycles. The number of halogens is 5. The molecule has 29 heavy (non-hydrogen) atoms. The first-order chi connectivity index (χ1) is 13.5. The summed E-state index contributed by atoms with van der Waals surface area (Å²) in [5.41, 5.74) is -0.115. The molecule has 0 aliphatic rings. The summed E-state index contributed by atoms with van der Waals surface area (Å²) in [5, 5.41) is 7.85. The molecule has 1 N–H and O–H groups in total. The fraction of sp³-hybridized carbons (Fsp3) is 0.0625. The van der Waals surface area contributed by atoms with E-state index in [0.29, 0.717) is 5.02 Å². The Bertz CT molecular complexity index is 1230. The summed E-state index contributed by atoms with van der Waals surface area (Å²) in [7, 11) is -5.01. The van der Waals surface area contributed by atoms with Gasteiger partial charge >= 0.3 is 0 Å². The van der Waals surface area contributed by atoms with Crippen LogP contribution < -0.4 is 4.72 Å². The Balaban J connectivity index is 1.97. The summed E-state index contributed by atoms with van der Waals surface area (Å²) in [5.74, 6) is -6.03. The van der Waals surface area contributed by atoms with E-state index in [1.54, 1.807) is 0 Å². The van der Waals surface area contributed by atoms with Gasteiger partial charge in [0.05, 0.1) is 16.4 Å². The Morgan fingerprint density at radius 2 is 1.72 bits per heavy atom. The molecule has 3 rings (SSSR count). The van der Waals surface area contributed by atoms with E-state index in [0.717, 1.165) is 4.68 Å². The van der Waals surface area contributed by atoms with Crippen LogP contribution in [0.25, 0.3) is 5.69 Å². The zero-order valence-electron chi connectivity index (χ0n) is 14.3. The van der Waals surface area contributed by atoms with E-state index in [2.05, 4.69) is 10.3 Å². The molecule has 2 aromatic carbocycles. The molecule has 152 valence electrons. The van der Waals surface area contributed by atoms with Gasteiger partial charge in [-0.05, 0) is 25.1 Å². The van der Waals surface area contributed by atoms with Gasteiger partial charge in [0.25, 0.3) is 15.9 Å². The second kappa shape index (κ2) is 7.65. The van der Waals surface area contributed by atoms with Crippen LogP contribution in [-0.4, -0.2) is 29.3 Å². The van der Waals surface area contributed by atoms with Gasteiger partial charge in [-0.3, -0.25) is 4.79 Å². The molecule has 0 spiro atoms. The van der Waals surface area contributed by atoms with E-state index < -0.39 is 44.0 Å². The average Bonchev–Trinajstić information content (AvgIpc) is 2.96. The lowest BCUT2D eigenvalue weighted by Crippen LogP contribution is -2.32. The molecule has 0 radical (unpaired) electrons. The quantitative estimate of drug-likeness (QED) is 0.638. The molecule has 1 heterocycles. The third-order valence-electron chi connectivity index (χ3n) is 3.70. The van der Waals surface area contributed by atoms with E-state index in [-0.39, 0.29) is 28.5 Å². The number of hydrogen-bond donors (Lipinski definition) is 1. The van der Waals surface area contributed by atoms with Crippen molar-refractivity contribution in [3.8, 4) is 5.69 Å². The molecule has 0 aliphatic heterocycles. The van der Waals surface area contributed by atoms with Crippen molar-refractivity contribution in [1.82, 2.24) is 19.7 Å². The van der Waals surface area contributed by atoms with Gasteiger partial charge in [0.15, 0.2) is 10.6 Å². The van der Waals surface area contributed by atoms with Crippen molar-refractivity contribution < 1.29 is 26.4 Å². The van der Waals surface area contributed by atoms with Crippen molar-refractivity contribution in [2.45, 2.75) is 11.8 Å². The number of rotatable bonds is 4. The summed E-state index contributed by atoms with van der Waals surface area (Å²) >= 11 is 12.0. The van der Waals surface area contributed by atoms with Gasteiger partial charge in [0.1, 0.15) is 17.5 Å². The molecule has 0 bridgehead atoms. The molecular weight excluding hydrogens is 456 g/mol. The van der Waals surface area contributed by atoms with Gasteiger partial charge in [-0.2, -0.15) is 0 Å². The number of benzene rings is 2. The van der Waals surface area contributed by atoms with Crippen molar-refractivity contribution in [1.29, 1.82) is 0 Å². The maximum Gasteiger partial charge on any atom is 0.287 e. The van der Waals surface area contributed by atoms with Crippen LogP contribution in [0.15, 0.2) is 35.2 Å². The minimum absolute atomic E-state index is 0.0712. The molecule has 13 heteroatoms. The summed E-state index contributed by atoms with van der Waals surface area (Å²) in [6.45, 7) is 1.39. The van der Waals surface area contributed by atoms with E-state index >= 15 is 0 Å². The maximum absolute atomic E-state index is 13.8.